The van der Waals surface area contributed by atoms with Crippen LogP contribution in [0.4, 0.5) is 0 Å². The zero-order valence-electron chi connectivity index (χ0n) is 11.4. The molecule has 0 aliphatic rings. The summed E-state index contributed by atoms with van der Waals surface area (Å²) in [6.07, 6.45) is 2.00. The van der Waals surface area contributed by atoms with Crippen LogP contribution in [0.2, 0.25) is 0 Å². The number of hydrogen-bond donors (Lipinski definition) is 1. The van der Waals surface area contributed by atoms with E-state index in [2.05, 4.69) is 53.8 Å². The lowest BCUT2D eigenvalue weighted by molar-refractivity contribution is 0.310. The highest BCUT2D eigenvalue weighted by molar-refractivity contribution is 5.31. The molecule has 2 heteroatoms. The maximum Gasteiger partial charge on any atom is 0.119 e. The minimum Gasteiger partial charge on any atom is -0.494 e. The molecule has 0 heterocycles. The van der Waals surface area contributed by atoms with E-state index < -0.39 is 0 Å². The Morgan fingerprint density at radius 2 is 1.58 bits per heavy atom. The fraction of sp³-hybridized carbons (Fsp3) is 0.294. The summed E-state index contributed by atoms with van der Waals surface area (Å²) in [7, 11) is 1.96. The highest BCUT2D eigenvalue weighted by Crippen LogP contribution is 2.15. The van der Waals surface area contributed by atoms with Crippen LogP contribution >= 0.6 is 0 Å². The average Bonchev–Trinajstić information content (AvgIpc) is 2.46. The Hall–Kier alpha value is -1.80. The molecule has 0 atom stereocenters. The lowest BCUT2D eigenvalue weighted by atomic mass is 10.1. The largest absolute Gasteiger partial charge is 0.494 e. The Morgan fingerprint density at radius 3 is 2.26 bits per heavy atom. The summed E-state index contributed by atoms with van der Waals surface area (Å²) in [4.78, 5) is 0. The van der Waals surface area contributed by atoms with E-state index in [0.29, 0.717) is 0 Å². The van der Waals surface area contributed by atoms with Crippen LogP contribution in [0.1, 0.15) is 17.5 Å². The smallest absolute Gasteiger partial charge is 0.119 e. The maximum absolute atomic E-state index is 5.67. The summed E-state index contributed by atoms with van der Waals surface area (Å²) in [5.74, 6) is 0.952. The summed E-state index contributed by atoms with van der Waals surface area (Å²) >= 11 is 0. The molecule has 2 aromatic carbocycles. The Bertz CT molecular complexity index is 464. The normalized spacial score (nSPS) is 10.4. The van der Waals surface area contributed by atoms with Crippen LogP contribution in [0.5, 0.6) is 5.75 Å². The molecule has 0 radical (unpaired) electrons. The van der Waals surface area contributed by atoms with E-state index in [9.17, 15) is 0 Å². The highest BCUT2D eigenvalue weighted by atomic mass is 16.5. The van der Waals surface area contributed by atoms with Gasteiger partial charge in [-0.05, 0) is 49.7 Å². The third-order valence-corrected chi connectivity index (χ3v) is 3.01. The third kappa shape index (κ3) is 4.76. The molecule has 0 bridgehead atoms. The van der Waals surface area contributed by atoms with Crippen molar-refractivity contribution >= 4 is 0 Å². The predicted octanol–water partition coefficient (Wildman–Crippen LogP) is 3.27. The van der Waals surface area contributed by atoms with Gasteiger partial charge in [0.05, 0.1) is 6.61 Å². The fourth-order valence-corrected chi connectivity index (χ4v) is 1.97. The molecule has 2 aromatic rings. The monoisotopic (exact) mass is 255 g/mol. The van der Waals surface area contributed by atoms with Crippen LogP contribution < -0.4 is 10.1 Å². The first-order valence-corrected chi connectivity index (χ1v) is 6.79. The fourth-order valence-electron chi connectivity index (χ4n) is 1.97. The van der Waals surface area contributed by atoms with E-state index in [1.165, 1.54) is 11.1 Å². The predicted molar refractivity (Wildman–Crippen MR) is 79.7 cm³/mol. The topological polar surface area (TPSA) is 21.3 Å². The molecule has 100 valence electrons. The van der Waals surface area contributed by atoms with Gasteiger partial charge in [0.15, 0.2) is 0 Å². The van der Waals surface area contributed by atoms with E-state index in [1.807, 2.05) is 13.1 Å². The Balaban J connectivity index is 1.84. The van der Waals surface area contributed by atoms with Gasteiger partial charge < -0.3 is 10.1 Å². The first kappa shape index (κ1) is 13.6. The minimum atomic E-state index is 0.763. The average molecular weight is 255 g/mol. The first-order chi connectivity index (χ1) is 9.38. The van der Waals surface area contributed by atoms with Crippen molar-refractivity contribution in [1.29, 1.82) is 0 Å². The van der Waals surface area contributed by atoms with Crippen LogP contribution in [-0.4, -0.2) is 20.2 Å². The van der Waals surface area contributed by atoms with E-state index in [4.69, 9.17) is 4.74 Å². The van der Waals surface area contributed by atoms with Crippen molar-refractivity contribution in [1.82, 2.24) is 5.32 Å². The van der Waals surface area contributed by atoms with Gasteiger partial charge in [0.25, 0.3) is 0 Å². The molecule has 2 nitrogen and oxygen atoms in total. The lowest BCUT2D eigenvalue weighted by Gasteiger charge is -2.07. The molecular weight excluding hydrogens is 234 g/mol. The molecule has 19 heavy (non-hydrogen) atoms. The summed E-state index contributed by atoms with van der Waals surface area (Å²) in [5.41, 5.74) is 2.65. The molecule has 0 saturated heterocycles. The molecule has 0 fully saturated rings. The zero-order chi connectivity index (χ0) is 13.3. The molecule has 0 saturated carbocycles. The van der Waals surface area contributed by atoms with Crippen molar-refractivity contribution in [3.05, 3.63) is 65.7 Å². The number of rotatable bonds is 7. The van der Waals surface area contributed by atoms with E-state index in [-0.39, 0.29) is 0 Å². The summed E-state index contributed by atoms with van der Waals surface area (Å²) in [6, 6.07) is 18.9. The molecule has 0 aromatic heterocycles. The lowest BCUT2D eigenvalue weighted by Crippen LogP contribution is -2.11. The molecule has 0 amide bonds. The Kier molecular flexibility index (Phi) is 5.45. The number of benzene rings is 2. The van der Waals surface area contributed by atoms with E-state index >= 15 is 0 Å². The maximum atomic E-state index is 5.67. The van der Waals surface area contributed by atoms with Crippen molar-refractivity contribution in [3.8, 4) is 5.75 Å². The van der Waals surface area contributed by atoms with Gasteiger partial charge >= 0.3 is 0 Å². The molecule has 1 N–H and O–H groups in total. The van der Waals surface area contributed by atoms with Crippen LogP contribution in [0.25, 0.3) is 0 Å². The first-order valence-electron chi connectivity index (χ1n) is 6.79. The SMILES string of the molecule is CNCCCOc1ccc(Cc2ccccc2)cc1. The van der Waals surface area contributed by atoms with Gasteiger partial charge in [-0.15, -0.1) is 0 Å². The van der Waals surface area contributed by atoms with Crippen molar-refractivity contribution in [3.63, 3.8) is 0 Å². The molecule has 0 unspecified atom stereocenters. The standard InChI is InChI=1S/C17H21NO/c1-18-12-5-13-19-17-10-8-16(9-11-17)14-15-6-3-2-4-7-15/h2-4,6-11,18H,5,12-14H2,1H3. The molecule has 0 spiro atoms. The molecule has 2 rings (SSSR count). The summed E-state index contributed by atoms with van der Waals surface area (Å²) in [6.45, 7) is 1.75. The van der Waals surface area contributed by atoms with E-state index in [0.717, 1.165) is 31.7 Å². The van der Waals surface area contributed by atoms with Crippen LogP contribution in [0.15, 0.2) is 54.6 Å². The zero-order valence-corrected chi connectivity index (χ0v) is 11.4. The summed E-state index contributed by atoms with van der Waals surface area (Å²) in [5, 5.41) is 3.11. The number of ether oxygens (including phenoxy) is 1. The molecule has 0 aliphatic carbocycles. The Labute approximate surface area is 115 Å². The Morgan fingerprint density at radius 1 is 0.895 bits per heavy atom. The third-order valence-electron chi connectivity index (χ3n) is 3.01. The molecule has 0 aliphatic heterocycles. The van der Waals surface area contributed by atoms with Crippen molar-refractivity contribution in [2.45, 2.75) is 12.8 Å². The van der Waals surface area contributed by atoms with Gasteiger partial charge in [0.2, 0.25) is 0 Å². The van der Waals surface area contributed by atoms with Gasteiger partial charge in [-0.25, -0.2) is 0 Å². The quantitative estimate of drug-likeness (QED) is 0.767. The number of nitrogens with one attached hydrogen (secondary N) is 1. The van der Waals surface area contributed by atoms with Crippen LogP contribution in [-0.2, 0) is 6.42 Å². The van der Waals surface area contributed by atoms with Crippen molar-refractivity contribution < 1.29 is 4.74 Å². The van der Waals surface area contributed by atoms with Gasteiger partial charge in [-0.1, -0.05) is 42.5 Å². The van der Waals surface area contributed by atoms with Gasteiger partial charge in [0.1, 0.15) is 5.75 Å². The van der Waals surface area contributed by atoms with Crippen LogP contribution in [0, 0.1) is 0 Å². The van der Waals surface area contributed by atoms with Gasteiger partial charge in [0, 0.05) is 0 Å². The minimum absolute atomic E-state index is 0.763. The van der Waals surface area contributed by atoms with Crippen molar-refractivity contribution in [2.24, 2.45) is 0 Å². The number of hydrogen-bond acceptors (Lipinski definition) is 2. The summed E-state index contributed by atoms with van der Waals surface area (Å²) < 4.78 is 5.67. The van der Waals surface area contributed by atoms with Crippen LogP contribution in [0.3, 0.4) is 0 Å². The molecular formula is C17H21NO. The second-order valence-electron chi connectivity index (χ2n) is 4.61. The second-order valence-corrected chi connectivity index (χ2v) is 4.61. The van der Waals surface area contributed by atoms with Crippen molar-refractivity contribution in [2.75, 3.05) is 20.2 Å². The van der Waals surface area contributed by atoms with E-state index in [1.54, 1.807) is 0 Å². The van der Waals surface area contributed by atoms with Gasteiger partial charge in [-0.3, -0.25) is 0 Å². The highest BCUT2D eigenvalue weighted by Gasteiger charge is 1.97. The van der Waals surface area contributed by atoms with Gasteiger partial charge in [-0.2, -0.15) is 0 Å². The second kappa shape index (κ2) is 7.59.